The summed E-state index contributed by atoms with van der Waals surface area (Å²) >= 11 is 16.7. The molecule has 0 bridgehead atoms. The van der Waals surface area contributed by atoms with Crippen LogP contribution in [-0.4, -0.2) is 46.1 Å². The summed E-state index contributed by atoms with van der Waals surface area (Å²) in [6.45, 7) is 4.34. The third-order valence-electron chi connectivity index (χ3n) is 2.97. The molecular weight excluding hydrogens is 421 g/mol. The van der Waals surface area contributed by atoms with Gasteiger partial charge in [0, 0.05) is 0 Å². The lowest BCUT2D eigenvalue weighted by molar-refractivity contribution is -0.164. The molecule has 1 rings (SSSR count). The second-order valence-electron chi connectivity index (χ2n) is 6.54. The molecule has 0 saturated heterocycles. The quantitative estimate of drug-likeness (QED) is 0.358. The van der Waals surface area contributed by atoms with E-state index in [1.54, 1.807) is 51.1 Å². The minimum absolute atomic E-state index is 0.292. The van der Waals surface area contributed by atoms with Crippen LogP contribution in [0.5, 0.6) is 0 Å². The van der Waals surface area contributed by atoms with E-state index in [2.05, 4.69) is 5.32 Å². The molecule has 1 aromatic rings. The molecule has 0 saturated carbocycles. The second-order valence-corrected chi connectivity index (χ2v) is 9.06. The van der Waals surface area contributed by atoms with Crippen LogP contribution in [0.4, 0.5) is 4.79 Å². The van der Waals surface area contributed by atoms with E-state index in [9.17, 15) is 14.7 Å². The summed E-state index contributed by atoms with van der Waals surface area (Å²) < 4.78 is 13.9. The Balaban J connectivity index is 2.92. The molecule has 0 heterocycles. The number of amides is 1. The lowest BCUT2D eigenvalue weighted by Gasteiger charge is -2.27. The van der Waals surface area contributed by atoms with E-state index in [-0.39, 0.29) is 6.61 Å². The van der Waals surface area contributed by atoms with E-state index in [4.69, 9.17) is 49.0 Å². The number of aliphatic carboxylic acids is 1. The van der Waals surface area contributed by atoms with E-state index < -0.39 is 40.4 Å². The number of carbonyl (C=O) groups excluding carboxylic acids is 1. The minimum Gasteiger partial charge on any atom is -0.479 e. The zero-order valence-corrected chi connectivity index (χ0v) is 17.3. The Kier molecular flexibility index (Phi) is 9.11. The summed E-state index contributed by atoms with van der Waals surface area (Å²) in [6, 6.07) is 7.45. The van der Waals surface area contributed by atoms with Gasteiger partial charge in [-0.2, -0.15) is 0 Å². The van der Waals surface area contributed by atoms with Crippen molar-refractivity contribution in [3.8, 4) is 0 Å². The fraction of sp³-hybridized carbons (Fsp3) is 0.529. The number of benzene rings is 1. The van der Waals surface area contributed by atoms with Gasteiger partial charge in [0.1, 0.15) is 12.4 Å². The van der Waals surface area contributed by atoms with E-state index >= 15 is 0 Å². The molecule has 2 N–H and O–H groups in total. The summed E-state index contributed by atoms with van der Waals surface area (Å²) in [4.78, 5) is 23.9. The Morgan fingerprint density at radius 2 is 1.74 bits per heavy atom. The van der Waals surface area contributed by atoms with Crippen LogP contribution in [0.1, 0.15) is 32.4 Å². The van der Waals surface area contributed by atoms with Crippen molar-refractivity contribution in [2.45, 2.75) is 42.3 Å². The highest BCUT2D eigenvalue weighted by atomic mass is 35.6. The summed E-state index contributed by atoms with van der Waals surface area (Å²) in [6.07, 6.45) is -2.25. The predicted octanol–water partition coefficient (Wildman–Crippen LogP) is 4.07. The van der Waals surface area contributed by atoms with Crippen molar-refractivity contribution < 1.29 is 28.9 Å². The first-order valence-electron chi connectivity index (χ1n) is 7.92. The number of nitrogens with one attached hydrogen (secondary N) is 1. The first-order valence-corrected chi connectivity index (χ1v) is 9.06. The molecule has 2 atom stereocenters. The van der Waals surface area contributed by atoms with Gasteiger partial charge in [0.05, 0.1) is 12.6 Å². The topological polar surface area (TPSA) is 94.1 Å². The van der Waals surface area contributed by atoms with Crippen molar-refractivity contribution >= 4 is 46.9 Å². The Labute approximate surface area is 172 Å². The molecule has 1 amide bonds. The summed E-state index contributed by atoms with van der Waals surface area (Å²) in [5.41, 5.74) is -0.240. The van der Waals surface area contributed by atoms with Crippen LogP contribution < -0.4 is 5.32 Å². The number of carboxylic acids is 1. The lowest BCUT2D eigenvalue weighted by Crippen LogP contribution is -2.44. The van der Waals surface area contributed by atoms with Crippen molar-refractivity contribution in [2.24, 2.45) is 0 Å². The molecule has 0 aliphatic carbocycles. The minimum atomic E-state index is -1.66. The van der Waals surface area contributed by atoms with Gasteiger partial charge in [0.2, 0.25) is 3.79 Å². The van der Waals surface area contributed by atoms with Gasteiger partial charge in [-0.1, -0.05) is 65.1 Å². The Morgan fingerprint density at radius 3 is 2.22 bits per heavy atom. The van der Waals surface area contributed by atoms with Crippen molar-refractivity contribution in [3.63, 3.8) is 0 Å². The van der Waals surface area contributed by atoms with Crippen LogP contribution in [-0.2, 0) is 19.0 Å². The number of hydrogen-bond donors (Lipinski definition) is 2. The molecular formula is C17H22Cl3NO6. The van der Waals surface area contributed by atoms with Gasteiger partial charge >= 0.3 is 12.1 Å². The highest BCUT2D eigenvalue weighted by molar-refractivity contribution is 6.67. The van der Waals surface area contributed by atoms with Gasteiger partial charge in [0.25, 0.3) is 0 Å². The van der Waals surface area contributed by atoms with Crippen LogP contribution in [0.2, 0.25) is 0 Å². The first kappa shape index (κ1) is 23.8. The molecule has 0 aromatic heterocycles. The second kappa shape index (κ2) is 10.3. The van der Waals surface area contributed by atoms with Gasteiger partial charge in [-0.3, -0.25) is 0 Å². The monoisotopic (exact) mass is 441 g/mol. The smallest absolute Gasteiger partial charge is 0.408 e. The van der Waals surface area contributed by atoms with Crippen LogP contribution in [0, 0.1) is 0 Å². The molecule has 10 heteroatoms. The van der Waals surface area contributed by atoms with Crippen molar-refractivity contribution in [2.75, 3.05) is 13.4 Å². The first-order chi connectivity index (χ1) is 12.4. The number of carboxylic acid groups (broad SMARTS) is 1. The third-order valence-corrected chi connectivity index (χ3v) is 3.30. The van der Waals surface area contributed by atoms with Crippen molar-refractivity contribution in [3.05, 3.63) is 35.9 Å². The molecule has 1 aromatic carbocycles. The zero-order valence-electron chi connectivity index (χ0n) is 15.1. The average molecular weight is 443 g/mol. The third kappa shape index (κ3) is 10.0. The Morgan fingerprint density at radius 1 is 1.15 bits per heavy atom. The summed E-state index contributed by atoms with van der Waals surface area (Å²) in [5.74, 6) is -1.31. The number of hydrogen-bond acceptors (Lipinski definition) is 5. The molecule has 0 fully saturated rings. The molecule has 0 aliphatic rings. The summed E-state index contributed by atoms with van der Waals surface area (Å²) in [5, 5.41) is 12.1. The maximum atomic E-state index is 12.2. The van der Waals surface area contributed by atoms with Gasteiger partial charge in [-0.05, 0) is 26.3 Å². The highest BCUT2D eigenvalue weighted by Crippen LogP contribution is 2.26. The lowest BCUT2D eigenvalue weighted by atomic mass is 10.0. The average Bonchev–Trinajstić information content (AvgIpc) is 2.51. The van der Waals surface area contributed by atoms with Crippen LogP contribution in [0.25, 0.3) is 0 Å². The number of rotatable bonds is 8. The van der Waals surface area contributed by atoms with Crippen LogP contribution >= 0.6 is 34.8 Å². The van der Waals surface area contributed by atoms with Gasteiger partial charge in [-0.15, -0.1) is 0 Å². The molecule has 27 heavy (non-hydrogen) atoms. The normalized spacial score (nSPS) is 14.3. The van der Waals surface area contributed by atoms with Crippen LogP contribution in [0.15, 0.2) is 30.3 Å². The van der Waals surface area contributed by atoms with Gasteiger partial charge in [0.15, 0.2) is 6.10 Å². The predicted molar refractivity (Wildman–Crippen MR) is 102 cm³/mol. The number of halogens is 3. The molecule has 0 spiro atoms. The van der Waals surface area contributed by atoms with E-state index in [0.717, 1.165) is 0 Å². The number of ether oxygens (including phenoxy) is 3. The van der Waals surface area contributed by atoms with Crippen molar-refractivity contribution in [1.82, 2.24) is 5.32 Å². The fourth-order valence-corrected chi connectivity index (χ4v) is 2.25. The maximum absolute atomic E-state index is 12.2. The Hall–Kier alpha value is -1.25. The Bertz CT molecular complexity index is 615. The van der Waals surface area contributed by atoms with E-state index in [1.807, 2.05) is 0 Å². The van der Waals surface area contributed by atoms with Crippen molar-refractivity contribution in [1.29, 1.82) is 0 Å². The number of alkyl carbamates (subject to hydrolysis) is 1. The molecule has 0 aliphatic heterocycles. The zero-order chi connectivity index (χ0) is 20.7. The van der Waals surface area contributed by atoms with Gasteiger partial charge < -0.3 is 24.6 Å². The maximum Gasteiger partial charge on any atom is 0.408 e. The van der Waals surface area contributed by atoms with Crippen LogP contribution in [0.3, 0.4) is 0 Å². The number of carbonyl (C=O) groups is 2. The fourth-order valence-electron chi connectivity index (χ4n) is 2.02. The largest absolute Gasteiger partial charge is 0.479 e. The summed E-state index contributed by atoms with van der Waals surface area (Å²) in [7, 11) is 0. The molecule has 0 radical (unpaired) electrons. The molecule has 152 valence electrons. The number of alkyl halides is 3. The van der Waals surface area contributed by atoms with E-state index in [1.165, 1.54) is 0 Å². The SMILES string of the molecule is CC(C)(C)OC(=O)NC(c1ccccc1)C(OCOCC(Cl)(Cl)Cl)C(=O)O. The van der Waals surface area contributed by atoms with E-state index in [0.29, 0.717) is 5.56 Å². The highest BCUT2D eigenvalue weighted by Gasteiger charge is 2.33. The molecule has 7 nitrogen and oxygen atoms in total. The molecule has 2 unspecified atom stereocenters. The van der Waals surface area contributed by atoms with Gasteiger partial charge in [-0.25, -0.2) is 9.59 Å². The standard InChI is InChI=1S/C17H22Cl3NO6/c1-16(2,3)27-15(24)21-12(11-7-5-4-6-8-11)13(14(22)23)26-10-25-9-17(18,19)20/h4-8,12-13H,9-10H2,1-3H3,(H,21,24)(H,22,23).